The van der Waals surface area contributed by atoms with Crippen LogP contribution in [0.25, 0.3) is 0 Å². The van der Waals surface area contributed by atoms with Crippen LogP contribution < -0.4 is 5.32 Å². The van der Waals surface area contributed by atoms with Crippen LogP contribution in [0.2, 0.25) is 0 Å². The third-order valence-electron chi connectivity index (χ3n) is 4.16. The van der Waals surface area contributed by atoms with Gasteiger partial charge in [-0.1, -0.05) is 6.07 Å². The molecular weight excluding hydrogens is 274 g/mol. The molecule has 3 nitrogen and oxygen atoms in total. The lowest BCUT2D eigenvalue weighted by molar-refractivity contribution is -0.0543. The van der Waals surface area contributed by atoms with Crippen LogP contribution >= 0.6 is 0 Å². The SMILES string of the molecule is CNC(Cc1c(F)cccc1F)C1CN(C(C)C)CCO1. The Bertz CT molecular complexity index is 447. The summed E-state index contributed by atoms with van der Waals surface area (Å²) in [6.07, 6.45) is 0.219. The summed E-state index contributed by atoms with van der Waals surface area (Å²) in [6, 6.07) is 4.32. The maximum Gasteiger partial charge on any atom is 0.129 e. The van der Waals surface area contributed by atoms with Crippen LogP contribution in [0.3, 0.4) is 0 Å². The van der Waals surface area contributed by atoms with Gasteiger partial charge in [0, 0.05) is 30.7 Å². The summed E-state index contributed by atoms with van der Waals surface area (Å²) in [5, 5.41) is 3.15. The molecule has 0 bridgehead atoms. The maximum atomic E-state index is 13.8. The minimum absolute atomic E-state index is 0.0647. The molecule has 1 heterocycles. The monoisotopic (exact) mass is 298 g/mol. The summed E-state index contributed by atoms with van der Waals surface area (Å²) < 4.78 is 33.4. The number of rotatable bonds is 5. The molecule has 0 amide bonds. The predicted octanol–water partition coefficient (Wildman–Crippen LogP) is 2.20. The van der Waals surface area contributed by atoms with E-state index in [1.54, 1.807) is 7.05 Å². The van der Waals surface area contributed by atoms with Crippen molar-refractivity contribution >= 4 is 0 Å². The summed E-state index contributed by atoms with van der Waals surface area (Å²) in [7, 11) is 1.81. The quantitative estimate of drug-likeness (QED) is 0.902. The number of ether oxygens (including phenoxy) is 1. The van der Waals surface area contributed by atoms with Crippen molar-refractivity contribution in [2.24, 2.45) is 0 Å². The molecular formula is C16H24F2N2O. The molecule has 1 aromatic carbocycles. The largest absolute Gasteiger partial charge is 0.374 e. The van der Waals surface area contributed by atoms with E-state index in [1.807, 2.05) is 0 Å². The highest BCUT2D eigenvalue weighted by Crippen LogP contribution is 2.19. The molecule has 1 N–H and O–H groups in total. The Hall–Kier alpha value is -1.04. The number of morpholine rings is 1. The van der Waals surface area contributed by atoms with Gasteiger partial charge in [-0.25, -0.2) is 8.78 Å². The smallest absolute Gasteiger partial charge is 0.129 e. The molecule has 1 aliphatic heterocycles. The molecule has 1 aromatic rings. The number of benzene rings is 1. The van der Waals surface area contributed by atoms with Gasteiger partial charge in [0.05, 0.1) is 12.7 Å². The molecule has 1 aliphatic rings. The third-order valence-corrected chi connectivity index (χ3v) is 4.16. The van der Waals surface area contributed by atoms with Gasteiger partial charge >= 0.3 is 0 Å². The predicted molar refractivity (Wildman–Crippen MR) is 79.4 cm³/mol. The van der Waals surface area contributed by atoms with Crippen molar-refractivity contribution in [3.05, 3.63) is 35.4 Å². The van der Waals surface area contributed by atoms with E-state index in [1.165, 1.54) is 18.2 Å². The highest BCUT2D eigenvalue weighted by molar-refractivity contribution is 5.21. The van der Waals surface area contributed by atoms with Crippen molar-refractivity contribution in [1.82, 2.24) is 10.2 Å². The van der Waals surface area contributed by atoms with E-state index in [2.05, 4.69) is 24.1 Å². The van der Waals surface area contributed by atoms with Crippen LogP contribution in [-0.2, 0) is 11.2 Å². The second-order valence-electron chi connectivity index (χ2n) is 5.80. The Morgan fingerprint density at radius 3 is 2.57 bits per heavy atom. The standard InChI is InChI=1S/C16H24F2N2O/c1-11(2)20-7-8-21-16(10-20)15(19-3)9-12-13(17)5-4-6-14(12)18/h4-6,11,15-16,19H,7-10H2,1-3H3. The van der Waals surface area contributed by atoms with Gasteiger partial charge in [-0.3, -0.25) is 4.90 Å². The number of nitrogens with zero attached hydrogens (tertiary/aromatic N) is 1. The van der Waals surface area contributed by atoms with Crippen molar-refractivity contribution in [1.29, 1.82) is 0 Å². The van der Waals surface area contributed by atoms with E-state index in [0.29, 0.717) is 12.6 Å². The summed E-state index contributed by atoms with van der Waals surface area (Å²) in [5.41, 5.74) is 0.127. The number of halogens is 2. The van der Waals surface area contributed by atoms with Gasteiger partial charge in [0.2, 0.25) is 0 Å². The number of likely N-dealkylation sites (N-methyl/N-ethyl adjacent to an activating group) is 1. The lowest BCUT2D eigenvalue weighted by atomic mass is 9.99. The zero-order chi connectivity index (χ0) is 15.4. The molecule has 1 fully saturated rings. The molecule has 2 rings (SSSR count). The van der Waals surface area contributed by atoms with E-state index in [9.17, 15) is 8.78 Å². The fourth-order valence-corrected chi connectivity index (χ4v) is 2.78. The van der Waals surface area contributed by atoms with E-state index in [-0.39, 0.29) is 24.1 Å². The van der Waals surface area contributed by atoms with Gasteiger partial charge in [-0.15, -0.1) is 0 Å². The van der Waals surface area contributed by atoms with Gasteiger partial charge in [0.1, 0.15) is 11.6 Å². The first-order valence-electron chi connectivity index (χ1n) is 7.48. The summed E-state index contributed by atoms with van der Waals surface area (Å²) in [6.45, 7) is 6.62. The second kappa shape index (κ2) is 7.29. The van der Waals surface area contributed by atoms with Gasteiger partial charge in [0.25, 0.3) is 0 Å². The minimum Gasteiger partial charge on any atom is -0.374 e. The Morgan fingerprint density at radius 1 is 1.33 bits per heavy atom. The Labute approximate surface area is 125 Å². The van der Waals surface area contributed by atoms with Crippen LogP contribution in [0.1, 0.15) is 19.4 Å². The molecule has 2 atom stereocenters. The maximum absolute atomic E-state index is 13.8. The van der Waals surface area contributed by atoms with Crippen LogP contribution in [0.15, 0.2) is 18.2 Å². The van der Waals surface area contributed by atoms with Crippen molar-refractivity contribution in [3.63, 3.8) is 0 Å². The topological polar surface area (TPSA) is 24.5 Å². The fourth-order valence-electron chi connectivity index (χ4n) is 2.78. The summed E-state index contributed by atoms with van der Waals surface area (Å²) in [4.78, 5) is 2.33. The van der Waals surface area contributed by atoms with Gasteiger partial charge < -0.3 is 10.1 Å². The average Bonchev–Trinajstić information content (AvgIpc) is 2.47. The molecule has 0 aliphatic carbocycles. The van der Waals surface area contributed by atoms with E-state index in [0.717, 1.165) is 13.1 Å². The highest BCUT2D eigenvalue weighted by Gasteiger charge is 2.29. The summed E-state index contributed by atoms with van der Waals surface area (Å²) in [5.74, 6) is -0.987. The number of hydrogen-bond donors (Lipinski definition) is 1. The lowest BCUT2D eigenvalue weighted by Crippen LogP contribution is -2.54. The average molecular weight is 298 g/mol. The third kappa shape index (κ3) is 3.99. The van der Waals surface area contributed by atoms with Crippen molar-refractivity contribution < 1.29 is 13.5 Å². The Balaban J connectivity index is 2.09. The zero-order valence-corrected chi connectivity index (χ0v) is 12.9. The molecule has 0 saturated carbocycles. The molecule has 0 aromatic heterocycles. The fraction of sp³-hybridized carbons (Fsp3) is 0.625. The minimum atomic E-state index is -0.494. The Kier molecular flexibility index (Phi) is 5.67. The number of hydrogen-bond acceptors (Lipinski definition) is 3. The van der Waals surface area contributed by atoms with Crippen LogP contribution in [0.4, 0.5) is 8.78 Å². The van der Waals surface area contributed by atoms with Gasteiger partial charge in [-0.05, 0) is 39.4 Å². The van der Waals surface area contributed by atoms with Crippen molar-refractivity contribution in [2.75, 3.05) is 26.7 Å². The molecule has 21 heavy (non-hydrogen) atoms. The van der Waals surface area contributed by atoms with E-state index in [4.69, 9.17) is 4.74 Å². The Morgan fingerprint density at radius 2 is 2.00 bits per heavy atom. The van der Waals surface area contributed by atoms with E-state index < -0.39 is 11.6 Å². The van der Waals surface area contributed by atoms with Gasteiger partial charge in [-0.2, -0.15) is 0 Å². The molecule has 1 saturated heterocycles. The van der Waals surface area contributed by atoms with Crippen LogP contribution in [-0.4, -0.2) is 49.8 Å². The normalized spacial score (nSPS) is 21.7. The lowest BCUT2D eigenvalue weighted by Gasteiger charge is -2.39. The van der Waals surface area contributed by atoms with Gasteiger partial charge in [0.15, 0.2) is 0 Å². The molecule has 2 unspecified atom stereocenters. The van der Waals surface area contributed by atoms with Crippen LogP contribution in [0, 0.1) is 11.6 Å². The molecule has 0 radical (unpaired) electrons. The summed E-state index contributed by atoms with van der Waals surface area (Å²) >= 11 is 0. The first-order valence-corrected chi connectivity index (χ1v) is 7.48. The molecule has 5 heteroatoms. The molecule has 0 spiro atoms. The number of nitrogens with one attached hydrogen (secondary N) is 1. The van der Waals surface area contributed by atoms with Crippen molar-refractivity contribution in [2.45, 2.75) is 38.5 Å². The van der Waals surface area contributed by atoms with Crippen LogP contribution in [0.5, 0.6) is 0 Å². The first-order chi connectivity index (χ1) is 10.0. The zero-order valence-electron chi connectivity index (χ0n) is 12.9. The first kappa shape index (κ1) is 16.3. The van der Waals surface area contributed by atoms with Crippen molar-refractivity contribution in [3.8, 4) is 0 Å². The van der Waals surface area contributed by atoms with E-state index >= 15 is 0 Å². The second-order valence-corrected chi connectivity index (χ2v) is 5.80. The highest BCUT2D eigenvalue weighted by atomic mass is 19.1. The molecule has 118 valence electrons.